The summed E-state index contributed by atoms with van der Waals surface area (Å²) in [4.78, 5) is 17.8. The number of hydrogen-bond acceptors (Lipinski definition) is 4. The predicted molar refractivity (Wildman–Crippen MR) is 74.7 cm³/mol. The number of carbonyl (C=O) groups is 1. The molecule has 2 aromatic rings. The summed E-state index contributed by atoms with van der Waals surface area (Å²) in [5.74, 6) is -0.178. The first-order valence-electron chi connectivity index (χ1n) is 6.26. The van der Waals surface area contributed by atoms with E-state index in [0.29, 0.717) is 16.4 Å². The molecule has 7 heteroatoms. The molecule has 0 fully saturated rings. The van der Waals surface area contributed by atoms with Crippen LogP contribution in [0.2, 0.25) is 5.02 Å². The standard InChI is InChI=1S/C13H16ClN3O3/c14-10-1-2-12-15-11(9-17(12)8-10)7-13(20)16(3-5-18)4-6-19/h1-2,8-9,18-19H,3-7H2. The zero-order valence-corrected chi connectivity index (χ0v) is 11.6. The number of rotatable bonds is 6. The number of pyridine rings is 1. The zero-order valence-electron chi connectivity index (χ0n) is 10.9. The van der Waals surface area contributed by atoms with Gasteiger partial charge in [0.05, 0.1) is 30.4 Å². The first-order valence-corrected chi connectivity index (χ1v) is 6.64. The number of imidazole rings is 1. The van der Waals surface area contributed by atoms with E-state index in [-0.39, 0.29) is 38.6 Å². The molecule has 0 aromatic carbocycles. The Morgan fingerprint density at radius 3 is 2.60 bits per heavy atom. The van der Waals surface area contributed by atoms with Crippen molar-refractivity contribution in [3.05, 3.63) is 35.2 Å². The van der Waals surface area contributed by atoms with E-state index in [2.05, 4.69) is 4.98 Å². The summed E-state index contributed by atoms with van der Waals surface area (Å²) >= 11 is 5.89. The third kappa shape index (κ3) is 3.47. The van der Waals surface area contributed by atoms with E-state index in [1.165, 1.54) is 4.90 Å². The fourth-order valence-electron chi connectivity index (χ4n) is 1.97. The monoisotopic (exact) mass is 297 g/mol. The van der Waals surface area contributed by atoms with Crippen LogP contribution in [0.4, 0.5) is 0 Å². The van der Waals surface area contributed by atoms with E-state index in [1.54, 1.807) is 28.9 Å². The molecule has 2 rings (SSSR count). The maximum absolute atomic E-state index is 12.1. The average molecular weight is 298 g/mol. The number of fused-ring (bicyclic) bond motifs is 1. The second-order valence-electron chi connectivity index (χ2n) is 4.35. The zero-order chi connectivity index (χ0) is 14.5. The number of nitrogens with zero attached hydrogens (tertiary/aromatic N) is 3. The highest BCUT2D eigenvalue weighted by molar-refractivity contribution is 6.30. The second-order valence-corrected chi connectivity index (χ2v) is 4.79. The Kier molecular flexibility index (Phi) is 4.94. The van der Waals surface area contributed by atoms with Crippen LogP contribution in [-0.2, 0) is 11.2 Å². The minimum atomic E-state index is -0.178. The molecule has 0 aliphatic rings. The molecular formula is C13H16ClN3O3. The minimum absolute atomic E-state index is 0.124. The van der Waals surface area contributed by atoms with Gasteiger partial charge in [0.25, 0.3) is 0 Å². The molecule has 0 aliphatic heterocycles. The maximum Gasteiger partial charge on any atom is 0.228 e. The third-order valence-corrected chi connectivity index (χ3v) is 3.11. The van der Waals surface area contributed by atoms with E-state index < -0.39 is 0 Å². The number of halogens is 1. The summed E-state index contributed by atoms with van der Waals surface area (Å²) in [7, 11) is 0. The third-order valence-electron chi connectivity index (χ3n) is 2.89. The van der Waals surface area contributed by atoms with E-state index in [9.17, 15) is 4.79 Å². The van der Waals surface area contributed by atoms with Crippen molar-refractivity contribution in [1.29, 1.82) is 0 Å². The Morgan fingerprint density at radius 1 is 1.25 bits per heavy atom. The molecule has 1 amide bonds. The van der Waals surface area contributed by atoms with Gasteiger partial charge in [-0.25, -0.2) is 4.98 Å². The maximum atomic E-state index is 12.1. The van der Waals surface area contributed by atoms with Crippen LogP contribution in [0.25, 0.3) is 5.65 Å². The molecule has 2 aromatic heterocycles. The van der Waals surface area contributed by atoms with E-state index in [4.69, 9.17) is 21.8 Å². The summed E-state index contributed by atoms with van der Waals surface area (Å²) < 4.78 is 1.76. The summed E-state index contributed by atoms with van der Waals surface area (Å²) in [6.07, 6.45) is 3.59. The molecule has 0 aliphatic carbocycles. The van der Waals surface area contributed by atoms with Crippen molar-refractivity contribution in [3.8, 4) is 0 Å². The normalized spacial score (nSPS) is 10.9. The van der Waals surface area contributed by atoms with Gasteiger partial charge >= 0.3 is 0 Å². The summed E-state index contributed by atoms with van der Waals surface area (Å²) in [6.45, 7) is 0.149. The van der Waals surface area contributed by atoms with Crippen LogP contribution in [0.3, 0.4) is 0 Å². The minimum Gasteiger partial charge on any atom is -0.395 e. The lowest BCUT2D eigenvalue weighted by molar-refractivity contribution is -0.131. The van der Waals surface area contributed by atoms with E-state index >= 15 is 0 Å². The van der Waals surface area contributed by atoms with E-state index in [1.807, 2.05) is 0 Å². The van der Waals surface area contributed by atoms with Crippen LogP contribution in [0.1, 0.15) is 5.69 Å². The summed E-state index contributed by atoms with van der Waals surface area (Å²) in [6, 6.07) is 3.51. The van der Waals surface area contributed by atoms with Gasteiger partial charge in [-0.15, -0.1) is 0 Å². The van der Waals surface area contributed by atoms with E-state index in [0.717, 1.165) is 0 Å². The van der Waals surface area contributed by atoms with Crippen molar-refractivity contribution >= 4 is 23.2 Å². The largest absolute Gasteiger partial charge is 0.395 e. The van der Waals surface area contributed by atoms with Crippen LogP contribution in [0.15, 0.2) is 24.5 Å². The number of amides is 1. The van der Waals surface area contributed by atoms with Crippen molar-refractivity contribution < 1.29 is 15.0 Å². The Balaban J connectivity index is 2.12. The van der Waals surface area contributed by atoms with Crippen molar-refractivity contribution in [3.63, 3.8) is 0 Å². The molecule has 108 valence electrons. The lowest BCUT2D eigenvalue weighted by atomic mass is 10.3. The fourth-order valence-corrected chi connectivity index (χ4v) is 2.14. The average Bonchev–Trinajstić information content (AvgIpc) is 2.79. The Morgan fingerprint density at radius 2 is 1.95 bits per heavy atom. The van der Waals surface area contributed by atoms with Gasteiger partial charge in [-0.2, -0.15) is 0 Å². The van der Waals surface area contributed by atoms with Gasteiger partial charge in [-0.1, -0.05) is 11.6 Å². The number of carbonyl (C=O) groups excluding carboxylic acids is 1. The molecule has 0 spiro atoms. The Labute approximate surface area is 121 Å². The molecule has 0 bridgehead atoms. The molecule has 0 saturated heterocycles. The lowest BCUT2D eigenvalue weighted by Crippen LogP contribution is -2.36. The first-order chi connectivity index (χ1) is 9.63. The first kappa shape index (κ1) is 14.8. The molecular weight excluding hydrogens is 282 g/mol. The van der Waals surface area contributed by atoms with Crippen LogP contribution >= 0.6 is 11.6 Å². The van der Waals surface area contributed by atoms with Crippen LogP contribution in [-0.4, -0.2) is 56.7 Å². The van der Waals surface area contributed by atoms with Crippen molar-refractivity contribution in [2.45, 2.75) is 6.42 Å². The Bertz CT molecular complexity index is 594. The van der Waals surface area contributed by atoms with Gasteiger partial charge in [0.1, 0.15) is 5.65 Å². The molecule has 6 nitrogen and oxygen atoms in total. The van der Waals surface area contributed by atoms with Gasteiger partial charge in [-0.3, -0.25) is 4.79 Å². The SMILES string of the molecule is O=C(Cc1cn2cc(Cl)ccc2n1)N(CCO)CCO. The molecule has 0 atom stereocenters. The van der Waals surface area contributed by atoms with Crippen molar-refractivity contribution in [1.82, 2.24) is 14.3 Å². The van der Waals surface area contributed by atoms with Gasteiger partial charge in [0, 0.05) is 25.5 Å². The molecule has 2 heterocycles. The predicted octanol–water partition coefficient (Wildman–Crippen LogP) is 0.343. The van der Waals surface area contributed by atoms with Gasteiger partial charge in [-0.05, 0) is 12.1 Å². The highest BCUT2D eigenvalue weighted by Crippen LogP contribution is 2.12. The molecule has 20 heavy (non-hydrogen) atoms. The van der Waals surface area contributed by atoms with Gasteiger partial charge in [0.15, 0.2) is 0 Å². The fraction of sp³-hybridized carbons (Fsp3) is 0.385. The number of hydrogen-bond donors (Lipinski definition) is 2. The number of aromatic nitrogens is 2. The molecule has 0 unspecified atom stereocenters. The smallest absolute Gasteiger partial charge is 0.228 e. The van der Waals surface area contributed by atoms with Gasteiger partial charge < -0.3 is 19.5 Å². The number of aliphatic hydroxyl groups is 2. The molecule has 2 N–H and O–H groups in total. The topological polar surface area (TPSA) is 78.1 Å². The van der Waals surface area contributed by atoms with Crippen molar-refractivity contribution in [2.75, 3.05) is 26.3 Å². The number of aliphatic hydroxyl groups excluding tert-OH is 2. The Hall–Kier alpha value is -1.63. The quantitative estimate of drug-likeness (QED) is 0.806. The van der Waals surface area contributed by atoms with Crippen LogP contribution < -0.4 is 0 Å². The highest BCUT2D eigenvalue weighted by Gasteiger charge is 2.15. The second kappa shape index (κ2) is 6.69. The van der Waals surface area contributed by atoms with Gasteiger partial charge in [0.2, 0.25) is 5.91 Å². The highest BCUT2D eigenvalue weighted by atomic mass is 35.5. The van der Waals surface area contributed by atoms with Crippen LogP contribution in [0.5, 0.6) is 0 Å². The summed E-state index contributed by atoms with van der Waals surface area (Å²) in [5, 5.41) is 18.4. The summed E-state index contributed by atoms with van der Waals surface area (Å²) in [5.41, 5.74) is 1.34. The van der Waals surface area contributed by atoms with Crippen LogP contribution in [0, 0.1) is 0 Å². The van der Waals surface area contributed by atoms with Crippen molar-refractivity contribution in [2.24, 2.45) is 0 Å². The molecule has 0 radical (unpaired) electrons. The molecule has 0 saturated carbocycles. The lowest BCUT2D eigenvalue weighted by Gasteiger charge is -2.19.